The quantitative estimate of drug-likeness (QED) is 0.225. The van der Waals surface area contributed by atoms with E-state index < -0.39 is 28.5 Å². The predicted octanol–water partition coefficient (Wildman–Crippen LogP) is 5.07. The normalized spacial score (nSPS) is 11.8. The van der Waals surface area contributed by atoms with Crippen LogP contribution in [0.5, 0.6) is 5.75 Å². The molecule has 0 saturated heterocycles. The van der Waals surface area contributed by atoms with Gasteiger partial charge in [0.25, 0.3) is 0 Å². The maximum atomic E-state index is 14.0. The molecule has 4 aromatic carbocycles. The third-order valence-electron chi connectivity index (χ3n) is 6.87. The zero-order valence-electron chi connectivity index (χ0n) is 24.0. The van der Waals surface area contributed by atoms with Crippen molar-refractivity contribution in [2.75, 3.05) is 24.2 Å². The van der Waals surface area contributed by atoms with Crippen molar-refractivity contribution in [3.63, 3.8) is 0 Å². The summed E-state index contributed by atoms with van der Waals surface area (Å²) in [5.41, 5.74) is 2.76. The van der Waals surface area contributed by atoms with E-state index in [0.29, 0.717) is 28.6 Å². The fourth-order valence-electron chi connectivity index (χ4n) is 4.59. The van der Waals surface area contributed by atoms with Gasteiger partial charge in [0.15, 0.2) is 0 Å². The highest BCUT2D eigenvalue weighted by Crippen LogP contribution is 2.25. The third-order valence-corrected chi connectivity index (χ3v) is 8.38. The number of hydrogen-bond acceptors (Lipinski definition) is 5. The lowest BCUT2D eigenvalue weighted by Gasteiger charge is -2.33. The Morgan fingerprint density at radius 2 is 1.42 bits per heavy atom. The standard InChI is InChI=1S/C33H34ClN3O5S/c1-35-33(39)31(21-25-11-5-3-6-12-25)36(22-27-15-9-10-16-30(27)34)32(38)23-37(43(2,40)41)28-17-19-29(20-18-28)42-24-26-13-7-4-8-14-26/h3-20,31H,21-24H2,1-2H3,(H,35,39). The number of carbonyl (C=O) groups excluding carboxylic acids is 2. The van der Waals surface area contributed by atoms with Gasteiger partial charge in [0.2, 0.25) is 21.8 Å². The maximum Gasteiger partial charge on any atom is 0.244 e. The molecule has 4 aromatic rings. The Hall–Kier alpha value is -4.34. The Balaban J connectivity index is 1.62. The molecular formula is C33H34ClN3O5S. The third kappa shape index (κ3) is 8.83. The molecule has 8 nitrogen and oxygen atoms in total. The average Bonchev–Trinajstić information content (AvgIpc) is 3.01. The molecule has 0 spiro atoms. The zero-order valence-corrected chi connectivity index (χ0v) is 25.6. The summed E-state index contributed by atoms with van der Waals surface area (Å²) < 4.78 is 32.8. The van der Waals surface area contributed by atoms with E-state index in [1.807, 2.05) is 60.7 Å². The Bertz CT molecular complexity index is 1620. The van der Waals surface area contributed by atoms with Crippen molar-refractivity contribution in [2.24, 2.45) is 0 Å². The molecule has 4 rings (SSSR count). The van der Waals surface area contributed by atoms with Gasteiger partial charge in [-0.1, -0.05) is 90.5 Å². The van der Waals surface area contributed by atoms with E-state index in [-0.39, 0.29) is 18.9 Å². The molecule has 2 amide bonds. The van der Waals surface area contributed by atoms with Crippen LogP contribution < -0.4 is 14.4 Å². The first kappa shape index (κ1) is 31.6. The molecular weight excluding hydrogens is 586 g/mol. The lowest BCUT2D eigenvalue weighted by molar-refractivity contribution is -0.139. The number of sulfonamides is 1. The summed E-state index contributed by atoms with van der Waals surface area (Å²) >= 11 is 6.45. The van der Waals surface area contributed by atoms with Gasteiger partial charge in [-0.3, -0.25) is 13.9 Å². The van der Waals surface area contributed by atoms with Crippen molar-refractivity contribution in [1.29, 1.82) is 0 Å². The highest BCUT2D eigenvalue weighted by atomic mass is 35.5. The second-order valence-corrected chi connectivity index (χ2v) is 12.3. The Labute approximate surface area is 257 Å². The molecule has 1 atom stereocenters. The van der Waals surface area contributed by atoms with Gasteiger partial charge in [0.1, 0.15) is 24.9 Å². The summed E-state index contributed by atoms with van der Waals surface area (Å²) in [6.07, 6.45) is 1.27. The Morgan fingerprint density at radius 1 is 0.837 bits per heavy atom. The monoisotopic (exact) mass is 619 g/mol. The lowest BCUT2D eigenvalue weighted by atomic mass is 10.0. The van der Waals surface area contributed by atoms with E-state index in [2.05, 4.69) is 5.32 Å². The second-order valence-electron chi connectivity index (χ2n) is 9.97. The van der Waals surface area contributed by atoms with Crippen LogP contribution in [0.1, 0.15) is 16.7 Å². The molecule has 0 aromatic heterocycles. The second kappa shape index (κ2) is 14.7. The van der Waals surface area contributed by atoms with E-state index in [9.17, 15) is 18.0 Å². The minimum atomic E-state index is -3.89. The first-order valence-electron chi connectivity index (χ1n) is 13.7. The molecule has 0 radical (unpaired) electrons. The molecule has 0 aliphatic carbocycles. The van der Waals surface area contributed by atoms with Gasteiger partial charge in [-0.15, -0.1) is 0 Å². The van der Waals surface area contributed by atoms with Crippen LogP contribution >= 0.6 is 11.6 Å². The van der Waals surface area contributed by atoms with Gasteiger partial charge in [0.05, 0.1) is 11.9 Å². The highest BCUT2D eigenvalue weighted by molar-refractivity contribution is 7.92. The lowest BCUT2D eigenvalue weighted by Crippen LogP contribution is -2.52. The minimum Gasteiger partial charge on any atom is -0.489 e. The van der Waals surface area contributed by atoms with Crippen LogP contribution in [0.3, 0.4) is 0 Å². The molecule has 0 aliphatic rings. The molecule has 224 valence electrons. The topological polar surface area (TPSA) is 96.0 Å². The van der Waals surface area contributed by atoms with Crippen molar-refractivity contribution in [3.05, 3.63) is 131 Å². The summed E-state index contributed by atoms with van der Waals surface area (Å²) in [7, 11) is -2.38. The largest absolute Gasteiger partial charge is 0.489 e. The fraction of sp³-hybridized carbons (Fsp3) is 0.212. The number of hydrogen-bond donors (Lipinski definition) is 1. The summed E-state index contributed by atoms with van der Waals surface area (Å²) in [4.78, 5) is 28.6. The average molecular weight is 620 g/mol. The number of halogens is 1. The highest BCUT2D eigenvalue weighted by Gasteiger charge is 2.33. The minimum absolute atomic E-state index is 0.00723. The van der Waals surface area contributed by atoms with Crippen LogP contribution in [-0.2, 0) is 39.2 Å². The molecule has 0 bridgehead atoms. The number of amides is 2. The van der Waals surface area contributed by atoms with Crippen LogP contribution in [0.25, 0.3) is 0 Å². The number of rotatable bonds is 13. The summed E-state index contributed by atoms with van der Waals surface area (Å²) in [6.45, 7) is -0.156. The predicted molar refractivity (Wildman–Crippen MR) is 169 cm³/mol. The van der Waals surface area contributed by atoms with Crippen LogP contribution in [0.2, 0.25) is 5.02 Å². The SMILES string of the molecule is CNC(=O)C(Cc1ccccc1)N(Cc1ccccc1Cl)C(=O)CN(c1ccc(OCc2ccccc2)cc1)S(C)(=O)=O. The number of ether oxygens (including phenoxy) is 1. The van der Waals surface area contributed by atoms with E-state index in [0.717, 1.165) is 21.7 Å². The fourth-order valence-corrected chi connectivity index (χ4v) is 5.64. The number of carbonyl (C=O) groups is 2. The first-order chi connectivity index (χ1) is 20.7. The molecule has 0 heterocycles. The van der Waals surface area contributed by atoms with Crippen molar-refractivity contribution >= 4 is 39.1 Å². The van der Waals surface area contributed by atoms with Crippen molar-refractivity contribution in [1.82, 2.24) is 10.2 Å². The Kier molecular flexibility index (Phi) is 10.8. The number of benzene rings is 4. The van der Waals surface area contributed by atoms with Gasteiger partial charge >= 0.3 is 0 Å². The van der Waals surface area contributed by atoms with Gasteiger partial charge < -0.3 is 15.0 Å². The summed E-state index contributed by atoms with van der Waals surface area (Å²) in [5, 5.41) is 3.09. The van der Waals surface area contributed by atoms with E-state index in [1.165, 1.54) is 11.9 Å². The molecule has 0 aliphatic heterocycles. The smallest absolute Gasteiger partial charge is 0.244 e. The van der Waals surface area contributed by atoms with Gasteiger partial charge in [0, 0.05) is 25.0 Å². The molecule has 0 fully saturated rings. The maximum absolute atomic E-state index is 14.0. The van der Waals surface area contributed by atoms with Crippen LogP contribution in [0.4, 0.5) is 5.69 Å². The number of nitrogens with zero attached hydrogens (tertiary/aromatic N) is 2. The zero-order chi connectivity index (χ0) is 30.8. The molecule has 0 saturated carbocycles. The van der Waals surface area contributed by atoms with E-state index in [1.54, 1.807) is 48.5 Å². The summed E-state index contributed by atoms with van der Waals surface area (Å²) in [5.74, 6) is -0.385. The van der Waals surface area contributed by atoms with E-state index >= 15 is 0 Å². The van der Waals surface area contributed by atoms with Crippen LogP contribution in [0, 0.1) is 0 Å². The van der Waals surface area contributed by atoms with Crippen molar-refractivity contribution in [3.8, 4) is 5.75 Å². The van der Waals surface area contributed by atoms with Crippen molar-refractivity contribution < 1.29 is 22.7 Å². The number of anilines is 1. The van der Waals surface area contributed by atoms with Crippen LogP contribution in [0.15, 0.2) is 109 Å². The first-order valence-corrected chi connectivity index (χ1v) is 15.9. The van der Waals surface area contributed by atoms with Crippen molar-refractivity contribution in [2.45, 2.75) is 25.6 Å². The van der Waals surface area contributed by atoms with Gasteiger partial charge in [-0.05, 0) is 47.0 Å². The summed E-state index contributed by atoms with van der Waals surface area (Å²) in [6, 6.07) is 31.6. The molecule has 43 heavy (non-hydrogen) atoms. The van der Waals surface area contributed by atoms with Gasteiger partial charge in [-0.2, -0.15) is 0 Å². The molecule has 1 unspecified atom stereocenters. The van der Waals surface area contributed by atoms with Crippen LogP contribution in [-0.4, -0.2) is 51.0 Å². The number of likely N-dealkylation sites (N-methyl/N-ethyl adjacent to an activating group) is 1. The number of nitrogens with one attached hydrogen (secondary N) is 1. The Morgan fingerprint density at radius 3 is 2.00 bits per heavy atom. The van der Waals surface area contributed by atoms with Gasteiger partial charge in [-0.25, -0.2) is 8.42 Å². The molecule has 10 heteroatoms. The van der Waals surface area contributed by atoms with E-state index in [4.69, 9.17) is 16.3 Å². The molecule has 1 N–H and O–H groups in total.